The topological polar surface area (TPSA) is 250 Å². The molecule has 0 atom stereocenters. The van der Waals surface area contributed by atoms with Crippen LogP contribution in [0.5, 0.6) is 0 Å². The van der Waals surface area contributed by atoms with Crippen molar-refractivity contribution in [2.45, 2.75) is 20.0 Å². The number of carbonyl (C=O) groups excluding carboxylic acids is 8. The second-order valence-corrected chi connectivity index (χ2v) is 5.75. The normalized spacial score (nSPS) is 7.05. The Hall–Kier alpha value is -4.44. The van der Waals surface area contributed by atoms with Crippen LogP contribution in [0, 0.1) is 0 Å². The van der Waals surface area contributed by atoms with E-state index in [4.69, 9.17) is 59.7 Å². The maximum Gasteiger partial charge on any atom is 0.373 e. The van der Waals surface area contributed by atoms with Crippen LogP contribution >= 0.6 is 12.4 Å². The molecule has 0 aromatic heterocycles. The van der Waals surface area contributed by atoms with Crippen LogP contribution in [-0.4, -0.2) is 61.9 Å². The molecule has 0 amide bonds. The van der Waals surface area contributed by atoms with Gasteiger partial charge in [0.25, 0.3) is 5.97 Å². The highest BCUT2D eigenvalue weighted by Crippen LogP contribution is 1.97. The summed E-state index contributed by atoms with van der Waals surface area (Å²) in [6, 6.07) is 21.0. The lowest BCUT2D eigenvalue weighted by atomic mass is 10.2. The van der Waals surface area contributed by atoms with Gasteiger partial charge in [0.15, 0.2) is 0 Å². The molecule has 0 saturated carbocycles. The first-order chi connectivity index (χ1) is 18.3. The molecule has 0 aliphatic carbocycles. The maximum absolute atomic E-state index is 9.00. The Morgan fingerprint density at radius 3 is 1.03 bits per heavy atom. The first-order valence-electron chi connectivity index (χ1n) is 10.3. The predicted molar refractivity (Wildman–Crippen MR) is 135 cm³/mol. The lowest BCUT2D eigenvalue weighted by Crippen LogP contribution is -2.26. The first-order valence-corrected chi connectivity index (χ1v) is 10.3. The molecule has 0 fully saturated rings. The smallest absolute Gasteiger partial charge is 0.373 e. The average Bonchev–Trinajstić information content (AvgIpc) is 2.89. The molecular weight excluding hydrogens is 540 g/mol. The average molecular weight is 573 g/mol. The summed E-state index contributed by atoms with van der Waals surface area (Å²) < 4.78 is 0. The molecule has 15 heteroatoms. The van der Waals surface area contributed by atoms with Gasteiger partial charge in [0, 0.05) is 46.2 Å². The van der Waals surface area contributed by atoms with Crippen molar-refractivity contribution in [3.63, 3.8) is 0 Å². The van der Waals surface area contributed by atoms with E-state index in [0.29, 0.717) is 13.1 Å². The second-order valence-electron chi connectivity index (χ2n) is 5.75. The zero-order valence-corrected chi connectivity index (χ0v) is 22.0. The molecule has 0 unspecified atom stereocenters. The van der Waals surface area contributed by atoms with E-state index in [1.54, 1.807) is 0 Å². The highest BCUT2D eigenvalue weighted by Gasteiger charge is 1.92. The fourth-order valence-corrected chi connectivity index (χ4v) is 1.83. The van der Waals surface area contributed by atoms with Crippen LogP contribution < -0.4 is 22.1 Å². The Kier molecular flexibility index (Phi) is 61.7. The Bertz CT molecular complexity index is 798. The molecule has 0 bridgehead atoms. The van der Waals surface area contributed by atoms with Gasteiger partial charge in [-0.2, -0.15) is 38.4 Å². The van der Waals surface area contributed by atoms with E-state index in [2.05, 4.69) is 59.2 Å². The van der Waals surface area contributed by atoms with Crippen molar-refractivity contribution >= 4 is 43.0 Å². The summed E-state index contributed by atoms with van der Waals surface area (Å²) in [7, 11) is 0. The third-order valence-electron chi connectivity index (χ3n) is 2.99. The van der Waals surface area contributed by atoms with E-state index in [1.807, 2.05) is 12.1 Å². The predicted octanol–water partition coefficient (Wildman–Crippen LogP) is -0.351. The molecule has 0 aliphatic rings. The number of benzene rings is 2. The van der Waals surface area contributed by atoms with Crippen LogP contribution in [0.2, 0.25) is 0 Å². The minimum atomic E-state index is -0.833. The Labute approximate surface area is 231 Å². The van der Waals surface area contributed by atoms with E-state index in [-0.39, 0.29) is 37.0 Å². The van der Waals surface area contributed by atoms with Crippen molar-refractivity contribution < 1.29 is 48.3 Å². The van der Waals surface area contributed by atoms with Crippen molar-refractivity contribution in [3.8, 4) is 0 Å². The SMILES string of the molecule is CC(=O)O.Cl.NCCN.O=C=O.O=C=O.O=C=O.O=C=O.c1ccc(CNCCNCc2ccccc2)cc1. The van der Waals surface area contributed by atoms with Gasteiger partial charge in [0.05, 0.1) is 0 Å². The molecule has 14 nitrogen and oxygen atoms in total. The van der Waals surface area contributed by atoms with Crippen molar-refractivity contribution in [1.29, 1.82) is 0 Å². The monoisotopic (exact) mass is 572 g/mol. The minimum Gasteiger partial charge on any atom is -0.481 e. The maximum atomic E-state index is 9.00. The number of nitrogens with two attached hydrogens (primary N) is 2. The molecular formula is C24H33ClN4O10. The lowest BCUT2D eigenvalue weighted by molar-refractivity contribution is -0.193. The largest absolute Gasteiger partial charge is 0.481 e. The van der Waals surface area contributed by atoms with Gasteiger partial charge >= 0.3 is 24.6 Å². The Balaban J connectivity index is -0.000000107. The molecule has 0 saturated heterocycles. The van der Waals surface area contributed by atoms with Crippen molar-refractivity contribution in [3.05, 3.63) is 71.8 Å². The fraction of sp³-hybridized carbons (Fsp3) is 0.292. The summed E-state index contributed by atoms with van der Waals surface area (Å²) in [6.45, 7) is 6.13. The van der Waals surface area contributed by atoms with Gasteiger partial charge in [0.1, 0.15) is 0 Å². The van der Waals surface area contributed by atoms with Gasteiger partial charge in [-0.05, 0) is 11.1 Å². The standard InChI is InChI=1S/C16H20N2.C2H8N2.C2H4O2.4CO2.ClH/c1-3-7-15(8-4-1)13-17-11-12-18-14-16-9-5-2-6-10-16;3-1-2-4;1-2(3)4;4*2-1-3;/h1-10,17-18H,11-14H2;1-4H2;1H3,(H,3,4);;;;;1H. The first kappa shape index (κ1) is 47.7. The van der Waals surface area contributed by atoms with Crippen LogP contribution in [0.15, 0.2) is 60.7 Å². The van der Waals surface area contributed by atoms with Crippen LogP contribution in [0.25, 0.3) is 0 Å². The van der Waals surface area contributed by atoms with Gasteiger partial charge in [-0.1, -0.05) is 60.7 Å². The van der Waals surface area contributed by atoms with E-state index >= 15 is 0 Å². The molecule has 0 heterocycles. The fourth-order valence-electron chi connectivity index (χ4n) is 1.83. The third-order valence-corrected chi connectivity index (χ3v) is 2.99. The summed E-state index contributed by atoms with van der Waals surface area (Å²) in [5.74, 6) is -0.833. The van der Waals surface area contributed by atoms with Gasteiger partial charge in [-0.25, -0.2) is 0 Å². The van der Waals surface area contributed by atoms with Crippen LogP contribution in [-0.2, 0) is 56.2 Å². The molecule has 0 aliphatic heterocycles. The number of carboxylic acid groups (broad SMARTS) is 1. The minimum absolute atomic E-state index is 0. The van der Waals surface area contributed by atoms with E-state index in [9.17, 15) is 0 Å². The number of hydrogen-bond acceptors (Lipinski definition) is 13. The zero-order chi connectivity index (χ0) is 30.3. The number of carboxylic acids is 1. The zero-order valence-electron chi connectivity index (χ0n) is 21.2. The van der Waals surface area contributed by atoms with E-state index in [0.717, 1.165) is 33.1 Å². The molecule has 216 valence electrons. The lowest BCUT2D eigenvalue weighted by Gasteiger charge is -2.06. The number of carbonyl (C=O) groups is 1. The summed E-state index contributed by atoms with van der Waals surface area (Å²) in [6.07, 6.45) is 1.00. The van der Waals surface area contributed by atoms with Gasteiger partial charge < -0.3 is 27.2 Å². The number of rotatable bonds is 8. The highest BCUT2D eigenvalue weighted by atomic mass is 35.5. The molecule has 0 radical (unpaired) electrons. The van der Waals surface area contributed by atoms with Crippen molar-refractivity contribution in [2.24, 2.45) is 11.5 Å². The van der Waals surface area contributed by atoms with Gasteiger partial charge in [-0.3, -0.25) is 4.79 Å². The molecule has 2 aromatic carbocycles. The van der Waals surface area contributed by atoms with Crippen LogP contribution in [0.1, 0.15) is 18.1 Å². The third kappa shape index (κ3) is 71.9. The number of halogens is 1. The number of aliphatic carboxylic acids is 1. The van der Waals surface area contributed by atoms with Gasteiger partial charge in [0.2, 0.25) is 0 Å². The molecule has 0 spiro atoms. The number of nitrogens with one attached hydrogen (secondary N) is 2. The van der Waals surface area contributed by atoms with Crippen molar-refractivity contribution in [1.82, 2.24) is 10.6 Å². The quantitative estimate of drug-likeness (QED) is 0.253. The van der Waals surface area contributed by atoms with E-state index in [1.165, 1.54) is 11.1 Å². The number of hydrogen-bond donors (Lipinski definition) is 5. The Morgan fingerprint density at radius 1 is 0.641 bits per heavy atom. The summed E-state index contributed by atoms with van der Waals surface area (Å²) in [5, 5.41) is 14.3. The summed E-state index contributed by atoms with van der Waals surface area (Å²) >= 11 is 0. The summed E-state index contributed by atoms with van der Waals surface area (Å²) in [4.78, 5) is 74.0. The molecule has 7 N–H and O–H groups in total. The highest BCUT2D eigenvalue weighted by molar-refractivity contribution is 5.85. The van der Waals surface area contributed by atoms with Crippen molar-refractivity contribution in [2.75, 3.05) is 26.2 Å². The van der Waals surface area contributed by atoms with Gasteiger partial charge in [-0.15, -0.1) is 12.4 Å². The Morgan fingerprint density at radius 2 is 0.846 bits per heavy atom. The van der Waals surface area contributed by atoms with Crippen LogP contribution in [0.4, 0.5) is 0 Å². The van der Waals surface area contributed by atoms with E-state index < -0.39 is 5.97 Å². The molecule has 2 rings (SSSR count). The summed E-state index contributed by atoms with van der Waals surface area (Å²) in [5.41, 5.74) is 12.5. The second kappa shape index (κ2) is 50.4. The molecule has 2 aromatic rings. The molecule has 39 heavy (non-hydrogen) atoms. The van der Waals surface area contributed by atoms with Crippen LogP contribution in [0.3, 0.4) is 0 Å².